The second-order valence-corrected chi connectivity index (χ2v) is 6.05. The van der Waals surface area contributed by atoms with Crippen LogP contribution in [-0.2, 0) is 0 Å². The molecule has 0 bridgehead atoms. The molecular formula is C18H25Cl2N3O. The first kappa shape index (κ1) is 20.7. The first-order valence-electron chi connectivity index (χ1n) is 8.08. The molecule has 0 spiro atoms. The molecule has 4 nitrogen and oxygen atoms in total. The molecule has 1 saturated heterocycles. The smallest absolute Gasteiger partial charge is 0.254 e. The molecule has 1 fully saturated rings. The van der Waals surface area contributed by atoms with Crippen molar-refractivity contribution in [2.75, 3.05) is 13.1 Å². The summed E-state index contributed by atoms with van der Waals surface area (Å²) in [5.74, 6) is 0.125. The zero-order valence-electron chi connectivity index (χ0n) is 13.9. The third kappa shape index (κ3) is 4.18. The Kier molecular flexibility index (Phi) is 7.94. The zero-order valence-corrected chi connectivity index (χ0v) is 15.5. The van der Waals surface area contributed by atoms with E-state index in [9.17, 15) is 4.79 Å². The summed E-state index contributed by atoms with van der Waals surface area (Å²) in [5, 5.41) is 0.940. The highest BCUT2D eigenvalue weighted by Crippen LogP contribution is 2.25. The van der Waals surface area contributed by atoms with Crippen molar-refractivity contribution in [1.29, 1.82) is 0 Å². The number of carbonyl (C=O) groups excluding carboxylic acids is 1. The number of aryl methyl sites for hydroxylation is 1. The number of likely N-dealkylation sites (tertiary alicyclic amines) is 1. The minimum absolute atomic E-state index is 0. The van der Waals surface area contributed by atoms with Gasteiger partial charge in [0.05, 0.1) is 11.1 Å². The molecule has 1 aromatic heterocycles. The predicted octanol–water partition coefficient (Wildman–Crippen LogP) is 3.73. The largest absolute Gasteiger partial charge is 0.336 e. The normalized spacial score (nSPS) is 17.1. The van der Waals surface area contributed by atoms with Gasteiger partial charge in [0.2, 0.25) is 0 Å². The summed E-state index contributed by atoms with van der Waals surface area (Å²) < 4.78 is 0. The van der Waals surface area contributed by atoms with Crippen LogP contribution in [-0.4, -0.2) is 34.9 Å². The van der Waals surface area contributed by atoms with Crippen molar-refractivity contribution in [1.82, 2.24) is 9.88 Å². The highest BCUT2D eigenvalue weighted by Gasteiger charge is 2.28. The maximum Gasteiger partial charge on any atom is 0.254 e. The van der Waals surface area contributed by atoms with Gasteiger partial charge in [0, 0.05) is 23.7 Å². The summed E-state index contributed by atoms with van der Waals surface area (Å²) in [7, 11) is 0. The average molecular weight is 370 g/mol. The first-order chi connectivity index (χ1) is 10.7. The molecule has 1 unspecified atom stereocenters. The third-order valence-electron chi connectivity index (χ3n) is 4.46. The Labute approximate surface area is 155 Å². The van der Waals surface area contributed by atoms with Crippen molar-refractivity contribution in [3.8, 4) is 0 Å². The van der Waals surface area contributed by atoms with Gasteiger partial charge < -0.3 is 10.6 Å². The summed E-state index contributed by atoms with van der Waals surface area (Å²) in [6.07, 6.45) is 4.21. The van der Waals surface area contributed by atoms with Crippen LogP contribution in [0.5, 0.6) is 0 Å². The van der Waals surface area contributed by atoms with Crippen LogP contribution in [0.25, 0.3) is 10.9 Å². The number of benzene rings is 1. The number of halogens is 2. The predicted molar refractivity (Wildman–Crippen MR) is 103 cm³/mol. The van der Waals surface area contributed by atoms with Gasteiger partial charge in [-0.05, 0) is 51.3 Å². The van der Waals surface area contributed by atoms with Crippen LogP contribution in [0, 0.1) is 6.92 Å². The topological polar surface area (TPSA) is 59.2 Å². The summed E-state index contributed by atoms with van der Waals surface area (Å²) in [4.78, 5) is 19.7. The van der Waals surface area contributed by atoms with Crippen LogP contribution in [0.3, 0.4) is 0 Å². The Morgan fingerprint density at radius 3 is 2.79 bits per heavy atom. The number of carbonyl (C=O) groups is 1. The lowest BCUT2D eigenvalue weighted by molar-refractivity contribution is 0.0607. The third-order valence-corrected chi connectivity index (χ3v) is 4.46. The molecule has 1 aromatic carbocycles. The maximum absolute atomic E-state index is 13.1. The molecule has 0 aliphatic carbocycles. The van der Waals surface area contributed by atoms with Gasteiger partial charge in [-0.15, -0.1) is 24.8 Å². The maximum atomic E-state index is 13.1. The first-order valence-corrected chi connectivity index (χ1v) is 8.08. The molecule has 6 heteroatoms. The van der Waals surface area contributed by atoms with Gasteiger partial charge in [-0.1, -0.05) is 18.2 Å². The Bertz CT molecular complexity index is 691. The molecule has 132 valence electrons. The van der Waals surface area contributed by atoms with Crippen LogP contribution >= 0.6 is 24.8 Å². The van der Waals surface area contributed by atoms with E-state index >= 15 is 0 Å². The van der Waals surface area contributed by atoms with Gasteiger partial charge in [-0.3, -0.25) is 9.78 Å². The van der Waals surface area contributed by atoms with Crippen molar-refractivity contribution < 1.29 is 4.79 Å². The van der Waals surface area contributed by atoms with Crippen LogP contribution in [0.2, 0.25) is 0 Å². The van der Waals surface area contributed by atoms with E-state index < -0.39 is 0 Å². The van der Waals surface area contributed by atoms with Crippen molar-refractivity contribution in [2.24, 2.45) is 5.73 Å². The molecule has 0 saturated carbocycles. The van der Waals surface area contributed by atoms with Crippen LogP contribution < -0.4 is 5.73 Å². The summed E-state index contributed by atoms with van der Waals surface area (Å²) in [6, 6.07) is 10.1. The molecule has 1 amide bonds. The molecule has 1 atom stereocenters. The van der Waals surface area contributed by atoms with Crippen LogP contribution in [0.1, 0.15) is 41.7 Å². The highest BCUT2D eigenvalue weighted by molar-refractivity contribution is 6.06. The second-order valence-electron chi connectivity index (χ2n) is 6.05. The zero-order chi connectivity index (χ0) is 15.5. The lowest BCUT2D eigenvalue weighted by Crippen LogP contribution is -2.44. The standard InChI is InChI=1S/C18H23N3O.2ClH/c1-13-12-16(15-7-2-3-8-17(15)20-13)18(22)21-11-5-4-6-14(21)9-10-19;;/h2-3,7-8,12,14H,4-6,9-11,19H2,1H3;2*1H. The monoisotopic (exact) mass is 369 g/mol. The van der Waals surface area contributed by atoms with Crippen molar-refractivity contribution >= 4 is 41.6 Å². The average Bonchev–Trinajstić information content (AvgIpc) is 2.54. The van der Waals surface area contributed by atoms with E-state index in [-0.39, 0.29) is 36.8 Å². The number of pyridine rings is 1. The van der Waals surface area contributed by atoms with E-state index in [0.29, 0.717) is 6.54 Å². The molecule has 2 aromatic rings. The summed E-state index contributed by atoms with van der Waals surface area (Å²) >= 11 is 0. The van der Waals surface area contributed by atoms with Crippen molar-refractivity contribution in [3.63, 3.8) is 0 Å². The fourth-order valence-electron chi connectivity index (χ4n) is 3.40. The van der Waals surface area contributed by atoms with Crippen molar-refractivity contribution in [3.05, 3.63) is 41.6 Å². The Morgan fingerprint density at radius 1 is 1.29 bits per heavy atom. The number of nitrogens with two attached hydrogens (primary N) is 1. The van der Waals surface area contributed by atoms with Gasteiger partial charge in [0.15, 0.2) is 0 Å². The van der Waals surface area contributed by atoms with E-state index in [4.69, 9.17) is 5.73 Å². The molecular weight excluding hydrogens is 345 g/mol. The SMILES string of the molecule is Cc1cc(C(=O)N2CCCCC2CCN)c2ccccc2n1.Cl.Cl. The lowest BCUT2D eigenvalue weighted by atomic mass is 9.97. The van der Waals surface area contributed by atoms with E-state index in [1.807, 2.05) is 42.2 Å². The number of rotatable bonds is 3. The van der Waals surface area contributed by atoms with Gasteiger partial charge in [0.1, 0.15) is 0 Å². The fraction of sp³-hybridized carbons (Fsp3) is 0.444. The number of amides is 1. The number of hydrogen-bond donors (Lipinski definition) is 1. The van der Waals surface area contributed by atoms with E-state index in [1.165, 1.54) is 6.42 Å². The molecule has 2 heterocycles. The number of nitrogens with zero attached hydrogens (tertiary/aromatic N) is 2. The Morgan fingerprint density at radius 2 is 2.04 bits per heavy atom. The highest BCUT2D eigenvalue weighted by atomic mass is 35.5. The summed E-state index contributed by atoms with van der Waals surface area (Å²) in [5.41, 5.74) is 8.27. The van der Waals surface area contributed by atoms with E-state index in [1.54, 1.807) is 0 Å². The van der Waals surface area contributed by atoms with E-state index in [2.05, 4.69) is 4.98 Å². The quantitative estimate of drug-likeness (QED) is 0.896. The molecule has 1 aliphatic rings. The fourth-order valence-corrected chi connectivity index (χ4v) is 3.40. The minimum Gasteiger partial charge on any atom is -0.336 e. The van der Waals surface area contributed by atoms with Gasteiger partial charge in [0.25, 0.3) is 5.91 Å². The van der Waals surface area contributed by atoms with Gasteiger partial charge >= 0.3 is 0 Å². The second kappa shape index (κ2) is 9.21. The Hall–Kier alpha value is -1.36. The number of piperidine rings is 1. The molecule has 24 heavy (non-hydrogen) atoms. The Balaban J connectivity index is 0.00000144. The molecule has 1 aliphatic heterocycles. The van der Waals surface area contributed by atoms with Gasteiger partial charge in [-0.2, -0.15) is 0 Å². The molecule has 2 N–H and O–H groups in total. The molecule has 0 radical (unpaired) electrons. The van der Waals surface area contributed by atoms with Crippen LogP contribution in [0.4, 0.5) is 0 Å². The number of hydrogen-bond acceptors (Lipinski definition) is 3. The van der Waals surface area contributed by atoms with E-state index in [0.717, 1.165) is 48.0 Å². The van der Waals surface area contributed by atoms with Crippen LogP contribution in [0.15, 0.2) is 30.3 Å². The number of fused-ring (bicyclic) bond motifs is 1. The van der Waals surface area contributed by atoms with Gasteiger partial charge in [-0.25, -0.2) is 0 Å². The lowest BCUT2D eigenvalue weighted by Gasteiger charge is -2.36. The molecule has 3 rings (SSSR count). The number of aromatic nitrogens is 1. The van der Waals surface area contributed by atoms with Crippen molar-refractivity contribution in [2.45, 2.75) is 38.6 Å². The summed E-state index contributed by atoms with van der Waals surface area (Å²) in [6.45, 7) is 3.40. The number of para-hydroxylation sites is 1. The minimum atomic E-state index is 0.